The summed E-state index contributed by atoms with van der Waals surface area (Å²) in [5, 5.41) is 3.53. The van der Waals surface area contributed by atoms with Gasteiger partial charge in [0.2, 0.25) is 0 Å². The summed E-state index contributed by atoms with van der Waals surface area (Å²) in [6, 6.07) is 12.3. The monoisotopic (exact) mass is 348 g/mol. The van der Waals surface area contributed by atoms with E-state index in [0.717, 1.165) is 11.5 Å². The third-order valence-electron chi connectivity index (χ3n) is 3.52. The first-order valence-electron chi connectivity index (χ1n) is 7.54. The maximum atomic E-state index is 13.5. The van der Waals surface area contributed by atoms with Gasteiger partial charge in [-0.25, -0.2) is 4.39 Å². The average molecular weight is 348 g/mol. The Hall–Kier alpha value is -2.34. The van der Waals surface area contributed by atoms with Crippen LogP contribution in [-0.2, 0) is 0 Å². The van der Waals surface area contributed by atoms with Crippen molar-refractivity contribution in [2.75, 3.05) is 32.6 Å². The molecule has 0 radical (unpaired) electrons. The molecule has 0 atom stereocenters. The Morgan fingerprint density at radius 2 is 1.83 bits per heavy atom. The molecule has 2 rings (SSSR count). The molecule has 0 heterocycles. The minimum atomic E-state index is -0.256. The lowest BCUT2D eigenvalue weighted by Crippen LogP contribution is -2.34. The highest BCUT2D eigenvalue weighted by atomic mass is 32.1. The number of hydrogen-bond acceptors (Lipinski definition) is 3. The SMILES string of the molecule is COc1ccc(OCCN(C)C(=S)Nc2ccc(C)c(F)c2)cc1. The van der Waals surface area contributed by atoms with E-state index in [1.807, 2.05) is 36.2 Å². The van der Waals surface area contributed by atoms with Crippen molar-refractivity contribution in [3.8, 4) is 11.5 Å². The molecule has 0 saturated heterocycles. The molecule has 0 amide bonds. The Bertz CT molecular complexity index is 692. The van der Waals surface area contributed by atoms with Crippen molar-refractivity contribution in [2.45, 2.75) is 6.92 Å². The molecule has 4 nitrogen and oxygen atoms in total. The highest BCUT2D eigenvalue weighted by molar-refractivity contribution is 7.80. The minimum Gasteiger partial charge on any atom is -0.497 e. The molecule has 128 valence electrons. The summed E-state index contributed by atoms with van der Waals surface area (Å²) >= 11 is 5.32. The first-order valence-corrected chi connectivity index (χ1v) is 7.95. The average Bonchev–Trinajstić information content (AvgIpc) is 2.58. The quantitative estimate of drug-likeness (QED) is 0.802. The van der Waals surface area contributed by atoms with E-state index < -0.39 is 0 Å². The lowest BCUT2D eigenvalue weighted by Gasteiger charge is -2.21. The summed E-state index contributed by atoms with van der Waals surface area (Å²) in [4.78, 5) is 1.84. The third kappa shape index (κ3) is 5.09. The van der Waals surface area contributed by atoms with Gasteiger partial charge in [0.1, 0.15) is 23.9 Å². The minimum absolute atomic E-state index is 0.256. The fourth-order valence-corrected chi connectivity index (χ4v) is 2.17. The Labute approximate surface area is 147 Å². The number of benzene rings is 2. The summed E-state index contributed by atoms with van der Waals surface area (Å²) in [5.74, 6) is 1.30. The van der Waals surface area contributed by atoms with Crippen LogP contribution in [0.4, 0.5) is 10.1 Å². The van der Waals surface area contributed by atoms with E-state index in [1.165, 1.54) is 6.07 Å². The van der Waals surface area contributed by atoms with Crippen LogP contribution < -0.4 is 14.8 Å². The van der Waals surface area contributed by atoms with E-state index in [4.69, 9.17) is 21.7 Å². The number of nitrogens with one attached hydrogen (secondary N) is 1. The van der Waals surface area contributed by atoms with Crippen LogP contribution in [0.1, 0.15) is 5.56 Å². The number of halogens is 1. The van der Waals surface area contributed by atoms with Crippen LogP contribution >= 0.6 is 12.2 Å². The fourth-order valence-electron chi connectivity index (χ4n) is 1.96. The van der Waals surface area contributed by atoms with Crippen LogP contribution in [0.5, 0.6) is 11.5 Å². The van der Waals surface area contributed by atoms with E-state index in [2.05, 4.69) is 5.32 Å². The van der Waals surface area contributed by atoms with Crippen molar-refractivity contribution in [3.63, 3.8) is 0 Å². The largest absolute Gasteiger partial charge is 0.497 e. The van der Waals surface area contributed by atoms with E-state index in [9.17, 15) is 4.39 Å². The molecule has 0 bridgehead atoms. The van der Waals surface area contributed by atoms with Crippen LogP contribution in [0.25, 0.3) is 0 Å². The van der Waals surface area contributed by atoms with Crippen LogP contribution in [0.15, 0.2) is 42.5 Å². The normalized spacial score (nSPS) is 10.2. The lowest BCUT2D eigenvalue weighted by atomic mass is 10.2. The second kappa shape index (κ2) is 8.49. The molecule has 6 heteroatoms. The topological polar surface area (TPSA) is 33.7 Å². The molecule has 1 N–H and O–H groups in total. The molecule has 0 fully saturated rings. The van der Waals surface area contributed by atoms with Crippen molar-refractivity contribution in [3.05, 3.63) is 53.8 Å². The smallest absolute Gasteiger partial charge is 0.173 e. The van der Waals surface area contributed by atoms with Crippen LogP contribution in [0.2, 0.25) is 0 Å². The summed E-state index contributed by atoms with van der Waals surface area (Å²) in [5.41, 5.74) is 1.23. The molecule has 24 heavy (non-hydrogen) atoms. The number of anilines is 1. The van der Waals surface area contributed by atoms with Crippen LogP contribution in [0.3, 0.4) is 0 Å². The van der Waals surface area contributed by atoms with Crippen molar-refractivity contribution in [1.29, 1.82) is 0 Å². The van der Waals surface area contributed by atoms with Gasteiger partial charge in [-0.05, 0) is 61.1 Å². The molecule has 2 aromatic carbocycles. The van der Waals surface area contributed by atoms with Gasteiger partial charge in [-0.15, -0.1) is 0 Å². The molecule has 0 unspecified atom stereocenters. The molecular weight excluding hydrogens is 327 g/mol. The predicted molar refractivity (Wildman–Crippen MR) is 98.5 cm³/mol. The third-order valence-corrected chi connectivity index (χ3v) is 3.94. The van der Waals surface area contributed by atoms with Gasteiger partial charge in [-0.3, -0.25) is 0 Å². The highest BCUT2D eigenvalue weighted by Gasteiger charge is 2.06. The molecule has 0 aliphatic rings. The lowest BCUT2D eigenvalue weighted by molar-refractivity contribution is 0.285. The molecule has 2 aromatic rings. The maximum Gasteiger partial charge on any atom is 0.173 e. The second-order valence-corrected chi connectivity index (χ2v) is 5.73. The van der Waals surface area contributed by atoms with Gasteiger partial charge in [0.05, 0.1) is 13.7 Å². The Morgan fingerprint density at radius 3 is 2.46 bits per heavy atom. The molecule has 0 aromatic heterocycles. The summed E-state index contributed by atoms with van der Waals surface area (Å²) in [6.45, 7) is 2.80. The number of hydrogen-bond donors (Lipinski definition) is 1. The number of ether oxygens (including phenoxy) is 2. The first kappa shape index (κ1) is 18.0. The van der Waals surface area contributed by atoms with Gasteiger partial charge < -0.3 is 19.7 Å². The Kier molecular flexibility index (Phi) is 6.37. The van der Waals surface area contributed by atoms with Crippen molar-refractivity contribution < 1.29 is 13.9 Å². The fraction of sp³-hybridized carbons (Fsp3) is 0.278. The Morgan fingerprint density at radius 1 is 1.17 bits per heavy atom. The van der Waals surface area contributed by atoms with Crippen molar-refractivity contribution in [2.24, 2.45) is 0 Å². The predicted octanol–water partition coefficient (Wildman–Crippen LogP) is 3.85. The van der Waals surface area contributed by atoms with Gasteiger partial charge in [-0.1, -0.05) is 6.07 Å². The Balaban J connectivity index is 1.79. The zero-order valence-corrected chi connectivity index (χ0v) is 14.8. The van der Waals surface area contributed by atoms with Gasteiger partial charge in [-0.2, -0.15) is 0 Å². The van der Waals surface area contributed by atoms with Gasteiger partial charge in [0.25, 0.3) is 0 Å². The van der Waals surface area contributed by atoms with Crippen molar-refractivity contribution in [1.82, 2.24) is 4.90 Å². The summed E-state index contributed by atoms with van der Waals surface area (Å²) in [7, 11) is 3.48. The van der Waals surface area contributed by atoms with Gasteiger partial charge in [0.15, 0.2) is 5.11 Å². The molecule has 0 spiro atoms. The number of methoxy groups -OCH3 is 1. The van der Waals surface area contributed by atoms with Gasteiger partial charge in [0, 0.05) is 12.7 Å². The molecular formula is C18H21FN2O2S. The van der Waals surface area contributed by atoms with Crippen molar-refractivity contribution >= 4 is 23.0 Å². The zero-order valence-electron chi connectivity index (χ0n) is 14.0. The molecule has 0 aliphatic carbocycles. The van der Waals surface area contributed by atoms with Gasteiger partial charge >= 0.3 is 0 Å². The molecule has 0 saturated carbocycles. The second-order valence-electron chi connectivity index (χ2n) is 5.34. The highest BCUT2D eigenvalue weighted by Crippen LogP contribution is 2.17. The van der Waals surface area contributed by atoms with E-state index in [1.54, 1.807) is 26.2 Å². The number of likely N-dealkylation sites (N-methyl/N-ethyl adjacent to an activating group) is 1. The van der Waals surface area contributed by atoms with Crippen LogP contribution in [-0.4, -0.2) is 37.3 Å². The number of nitrogens with zero attached hydrogens (tertiary/aromatic N) is 1. The first-order chi connectivity index (χ1) is 11.5. The molecule has 0 aliphatic heterocycles. The van der Waals surface area contributed by atoms with E-state index >= 15 is 0 Å². The van der Waals surface area contributed by atoms with Crippen LogP contribution in [0, 0.1) is 12.7 Å². The number of rotatable bonds is 6. The van der Waals surface area contributed by atoms with E-state index in [-0.39, 0.29) is 5.82 Å². The zero-order chi connectivity index (χ0) is 17.5. The summed E-state index contributed by atoms with van der Waals surface area (Å²) in [6.07, 6.45) is 0. The van der Waals surface area contributed by atoms with E-state index in [0.29, 0.717) is 29.5 Å². The standard InChI is InChI=1S/C18H21FN2O2S/c1-13-4-5-14(12-17(13)19)20-18(24)21(2)10-11-23-16-8-6-15(22-3)7-9-16/h4-9,12H,10-11H2,1-3H3,(H,20,24). The maximum absolute atomic E-state index is 13.5. The summed E-state index contributed by atoms with van der Waals surface area (Å²) < 4.78 is 24.3. The number of aryl methyl sites for hydroxylation is 1. The number of thiocarbonyl (C=S) groups is 1.